The number of rotatable bonds is 4. The summed E-state index contributed by atoms with van der Waals surface area (Å²) < 4.78 is 8.54. The summed E-state index contributed by atoms with van der Waals surface area (Å²) >= 11 is 1.67. The number of hydrogen-bond donors (Lipinski definition) is 2. The van der Waals surface area contributed by atoms with Gasteiger partial charge in [0.15, 0.2) is 5.82 Å². The van der Waals surface area contributed by atoms with Gasteiger partial charge in [-0.3, -0.25) is 9.69 Å². The van der Waals surface area contributed by atoms with Gasteiger partial charge in [0, 0.05) is 30.1 Å². The number of ether oxygens (including phenoxy) is 1. The van der Waals surface area contributed by atoms with Crippen molar-refractivity contribution < 1.29 is 9.53 Å². The van der Waals surface area contributed by atoms with Crippen molar-refractivity contribution in [2.75, 3.05) is 32.5 Å². The molecule has 1 amide bonds. The minimum Gasteiger partial charge on any atom is -0.495 e. The number of carbonyl (C=O) groups is 1. The molecular weight excluding hydrogens is 400 g/mol. The molecule has 0 spiro atoms. The van der Waals surface area contributed by atoms with Crippen LogP contribution in [0.5, 0.6) is 5.75 Å². The Hall–Kier alpha value is -3.17. The maximum absolute atomic E-state index is 11.8. The molecule has 1 aliphatic heterocycles. The predicted molar refractivity (Wildman–Crippen MR) is 118 cm³/mol. The zero-order valence-electron chi connectivity index (χ0n) is 16.8. The van der Waals surface area contributed by atoms with Gasteiger partial charge in [0.1, 0.15) is 17.6 Å². The van der Waals surface area contributed by atoms with Crippen LogP contribution in [0.3, 0.4) is 0 Å². The molecule has 0 saturated carbocycles. The third kappa shape index (κ3) is 3.16. The molecule has 1 aromatic carbocycles. The number of hydrogen-bond acceptors (Lipinski definition) is 7. The van der Waals surface area contributed by atoms with E-state index in [-0.39, 0.29) is 5.91 Å². The Morgan fingerprint density at radius 2 is 2.17 bits per heavy atom. The van der Waals surface area contributed by atoms with E-state index >= 15 is 0 Å². The second-order valence-electron chi connectivity index (χ2n) is 7.51. The first kappa shape index (κ1) is 18.8. The van der Waals surface area contributed by atoms with Crippen LogP contribution in [0.15, 0.2) is 30.6 Å². The van der Waals surface area contributed by atoms with Crippen molar-refractivity contribution in [1.82, 2.24) is 24.8 Å². The van der Waals surface area contributed by atoms with Crippen molar-refractivity contribution in [2.24, 2.45) is 0 Å². The summed E-state index contributed by atoms with van der Waals surface area (Å²) in [5.74, 6) is 1.35. The van der Waals surface area contributed by atoms with Crippen LogP contribution in [0.1, 0.15) is 11.3 Å². The van der Waals surface area contributed by atoms with Crippen LogP contribution in [0, 0.1) is 6.92 Å². The molecule has 3 N–H and O–H groups in total. The van der Waals surface area contributed by atoms with Crippen LogP contribution in [-0.4, -0.2) is 52.1 Å². The van der Waals surface area contributed by atoms with Crippen LogP contribution in [0.2, 0.25) is 0 Å². The molecule has 0 aliphatic carbocycles. The number of nitrogens with zero attached hydrogens (tertiary/aromatic N) is 4. The molecule has 4 aromatic rings. The predicted octanol–water partition coefficient (Wildman–Crippen LogP) is 2.44. The largest absolute Gasteiger partial charge is 0.495 e. The lowest BCUT2D eigenvalue weighted by molar-refractivity contribution is -0.124. The van der Waals surface area contributed by atoms with Crippen LogP contribution in [-0.2, 0) is 11.3 Å². The van der Waals surface area contributed by atoms with Crippen molar-refractivity contribution in [3.63, 3.8) is 0 Å². The van der Waals surface area contributed by atoms with Gasteiger partial charge < -0.3 is 15.8 Å². The quantitative estimate of drug-likeness (QED) is 0.524. The second-order valence-corrected chi connectivity index (χ2v) is 8.56. The van der Waals surface area contributed by atoms with Gasteiger partial charge in [-0.1, -0.05) is 6.07 Å². The molecule has 0 unspecified atom stereocenters. The molecule has 1 fully saturated rings. The van der Waals surface area contributed by atoms with E-state index in [1.807, 2.05) is 10.6 Å². The highest BCUT2D eigenvalue weighted by atomic mass is 32.1. The van der Waals surface area contributed by atoms with Crippen molar-refractivity contribution >= 4 is 38.7 Å². The number of aromatic nitrogens is 3. The number of nitrogens with two attached hydrogens (primary N) is 1. The average molecular weight is 423 g/mol. The smallest absolute Gasteiger partial charge is 0.234 e. The summed E-state index contributed by atoms with van der Waals surface area (Å²) in [6.07, 6.45) is 1.47. The number of piperazine rings is 1. The topological polar surface area (TPSA) is 97.8 Å². The van der Waals surface area contributed by atoms with Crippen LogP contribution >= 0.6 is 11.3 Å². The van der Waals surface area contributed by atoms with E-state index in [0.717, 1.165) is 49.6 Å². The van der Waals surface area contributed by atoms with Crippen molar-refractivity contribution in [3.8, 4) is 16.2 Å². The number of nitrogen functional groups attached to an aromatic ring is 1. The summed E-state index contributed by atoms with van der Waals surface area (Å²) in [6.45, 7) is 4.50. The molecule has 1 saturated heterocycles. The third-order valence-electron chi connectivity index (χ3n) is 5.37. The van der Waals surface area contributed by atoms with E-state index in [1.54, 1.807) is 18.4 Å². The minimum atomic E-state index is 0.0449. The highest BCUT2D eigenvalue weighted by Gasteiger charge is 2.22. The summed E-state index contributed by atoms with van der Waals surface area (Å²) in [7, 11) is 1.69. The minimum absolute atomic E-state index is 0.0449. The van der Waals surface area contributed by atoms with Crippen LogP contribution < -0.4 is 15.8 Å². The molecule has 0 bridgehead atoms. The molecule has 8 nitrogen and oxygen atoms in total. The molecule has 1 aliphatic rings. The number of thiophene rings is 1. The number of carbonyl (C=O) groups excluding carboxylic acids is 1. The lowest BCUT2D eigenvalue weighted by Gasteiger charge is -2.25. The van der Waals surface area contributed by atoms with Crippen LogP contribution in [0.25, 0.3) is 26.0 Å². The molecule has 0 atom stereocenters. The zero-order valence-corrected chi connectivity index (χ0v) is 17.6. The van der Waals surface area contributed by atoms with Crippen molar-refractivity contribution in [2.45, 2.75) is 13.5 Å². The number of amides is 1. The Bertz CT molecular complexity index is 1280. The SMILES string of the molecule is COc1cc(C)cc2cc(-c3cc(CN4CCNC(=O)C4)n4ncnc(N)c34)sc12. The molecule has 3 aromatic heterocycles. The zero-order chi connectivity index (χ0) is 20.8. The first-order chi connectivity index (χ1) is 14.5. The lowest BCUT2D eigenvalue weighted by atomic mass is 10.1. The number of methoxy groups -OCH3 is 1. The fourth-order valence-electron chi connectivity index (χ4n) is 4.04. The lowest BCUT2D eigenvalue weighted by Crippen LogP contribution is -2.47. The maximum atomic E-state index is 11.8. The Morgan fingerprint density at radius 1 is 1.30 bits per heavy atom. The molecule has 5 rings (SSSR count). The van der Waals surface area contributed by atoms with Gasteiger partial charge in [0.05, 0.1) is 24.0 Å². The Morgan fingerprint density at radius 3 is 2.97 bits per heavy atom. The fraction of sp³-hybridized carbons (Fsp3) is 0.286. The maximum Gasteiger partial charge on any atom is 0.234 e. The highest BCUT2D eigenvalue weighted by Crippen LogP contribution is 2.42. The standard InChI is InChI=1S/C21H22N6O2S/c1-12-5-13-7-17(30-20(13)16(6-12)29-2)15-8-14(9-26-4-3-23-18(28)10-26)27-19(15)21(22)24-11-25-27/h5-8,11H,3-4,9-10H2,1-2H3,(H,23,28)(H2,22,24,25). The second kappa shape index (κ2) is 7.26. The molecule has 30 heavy (non-hydrogen) atoms. The number of fused-ring (bicyclic) bond motifs is 2. The Balaban J connectivity index is 1.64. The Labute approximate surface area is 177 Å². The van der Waals surface area contributed by atoms with E-state index in [1.165, 1.54) is 6.33 Å². The average Bonchev–Trinajstić information content (AvgIpc) is 3.30. The number of nitrogens with one attached hydrogen (secondary N) is 1. The summed E-state index contributed by atoms with van der Waals surface area (Å²) in [4.78, 5) is 19.2. The van der Waals surface area contributed by atoms with E-state index in [0.29, 0.717) is 25.5 Å². The van der Waals surface area contributed by atoms with Gasteiger partial charge >= 0.3 is 0 Å². The first-order valence-electron chi connectivity index (χ1n) is 9.72. The van der Waals surface area contributed by atoms with Crippen molar-refractivity contribution in [1.29, 1.82) is 0 Å². The molecule has 9 heteroatoms. The Kier molecular flexibility index (Phi) is 4.56. The molecule has 4 heterocycles. The van der Waals surface area contributed by atoms with Gasteiger partial charge in [0.25, 0.3) is 0 Å². The number of aryl methyl sites for hydroxylation is 1. The fourth-order valence-corrected chi connectivity index (χ4v) is 5.19. The van der Waals surface area contributed by atoms with Gasteiger partial charge in [-0.05, 0) is 36.1 Å². The first-order valence-corrected chi connectivity index (χ1v) is 10.5. The van der Waals surface area contributed by atoms with Crippen LogP contribution in [0.4, 0.5) is 5.82 Å². The summed E-state index contributed by atoms with van der Waals surface area (Å²) in [6, 6.07) is 8.47. The van der Waals surface area contributed by atoms with E-state index in [4.69, 9.17) is 10.5 Å². The monoisotopic (exact) mass is 422 g/mol. The summed E-state index contributed by atoms with van der Waals surface area (Å²) in [5.41, 5.74) is 10.2. The number of anilines is 1. The molecule has 0 radical (unpaired) electrons. The number of benzene rings is 1. The van der Waals surface area contributed by atoms with E-state index in [2.05, 4.69) is 45.4 Å². The van der Waals surface area contributed by atoms with E-state index < -0.39 is 0 Å². The van der Waals surface area contributed by atoms with Gasteiger partial charge in [-0.2, -0.15) is 5.10 Å². The van der Waals surface area contributed by atoms with Gasteiger partial charge in [-0.15, -0.1) is 11.3 Å². The highest BCUT2D eigenvalue weighted by molar-refractivity contribution is 7.22. The van der Waals surface area contributed by atoms with Crippen molar-refractivity contribution in [3.05, 3.63) is 41.9 Å². The summed E-state index contributed by atoms with van der Waals surface area (Å²) in [5, 5.41) is 8.45. The third-order valence-corrected chi connectivity index (χ3v) is 6.57. The van der Waals surface area contributed by atoms with Gasteiger partial charge in [0.2, 0.25) is 5.91 Å². The van der Waals surface area contributed by atoms with Gasteiger partial charge in [-0.25, -0.2) is 9.50 Å². The molecule has 154 valence electrons. The molecular formula is C21H22N6O2S. The van der Waals surface area contributed by atoms with E-state index in [9.17, 15) is 4.79 Å². The normalized spacial score (nSPS) is 15.1.